The lowest BCUT2D eigenvalue weighted by Crippen LogP contribution is -2.07. The van der Waals surface area contributed by atoms with E-state index in [2.05, 4.69) is 23.9 Å². The number of phosphoric acid groups is 1. The minimum Gasteiger partial charge on any atom is -0.224 e. The summed E-state index contributed by atoms with van der Waals surface area (Å²) in [7, 11) is -4.42. The quantitative estimate of drug-likeness (QED) is 0.382. The van der Waals surface area contributed by atoms with E-state index in [0.717, 1.165) is 0 Å². The molecule has 0 aliphatic rings. The van der Waals surface area contributed by atoms with Gasteiger partial charge in [-0.15, -0.1) is 9.35 Å². The lowest BCUT2D eigenvalue weighted by Gasteiger charge is -2.13. The van der Waals surface area contributed by atoms with Gasteiger partial charge >= 0.3 is 7.82 Å². The van der Waals surface area contributed by atoms with Gasteiger partial charge in [-0.3, -0.25) is 0 Å². The third-order valence-corrected chi connectivity index (χ3v) is 1.44. The molecular weight excluding hydrogens is 218 g/mol. The molecular formula is C6H14FO6P. The molecule has 0 saturated heterocycles. The maximum atomic E-state index is 11.8. The van der Waals surface area contributed by atoms with Crippen LogP contribution in [0.3, 0.4) is 0 Å². The largest absolute Gasteiger partial charge is 0.560 e. The molecule has 0 saturated carbocycles. The van der Waals surface area contributed by atoms with E-state index < -0.39 is 20.0 Å². The van der Waals surface area contributed by atoms with Crippen molar-refractivity contribution in [2.24, 2.45) is 0 Å². The van der Waals surface area contributed by atoms with Crippen molar-refractivity contribution in [3.8, 4) is 0 Å². The molecule has 0 amide bonds. The van der Waals surface area contributed by atoms with Crippen LogP contribution in [0.1, 0.15) is 27.7 Å². The van der Waals surface area contributed by atoms with Crippen molar-refractivity contribution >= 4 is 7.82 Å². The SMILES string of the molecule is CC(C)OOP(=O)(OF)OOC(C)C. The van der Waals surface area contributed by atoms with Crippen LogP contribution in [0.4, 0.5) is 4.53 Å². The fourth-order valence-corrected chi connectivity index (χ4v) is 0.939. The van der Waals surface area contributed by atoms with Crippen molar-refractivity contribution in [3.63, 3.8) is 0 Å². The van der Waals surface area contributed by atoms with E-state index in [9.17, 15) is 9.09 Å². The van der Waals surface area contributed by atoms with Gasteiger partial charge in [-0.25, -0.2) is 14.3 Å². The van der Waals surface area contributed by atoms with Crippen molar-refractivity contribution < 1.29 is 32.9 Å². The number of halogens is 1. The Morgan fingerprint density at radius 1 is 1.00 bits per heavy atom. The van der Waals surface area contributed by atoms with Crippen molar-refractivity contribution in [2.45, 2.75) is 39.9 Å². The second-order valence-corrected chi connectivity index (χ2v) is 4.29. The highest BCUT2D eigenvalue weighted by Gasteiger charge is 2.33. The van der Waals surface area contributed by atoms with Crippen LogP contribution in [0.2, 0.25) is 0 Å². The first-order valence-electron chi connectivity index (χ1n) is 4.00. The molecule has 0 aromatic heterocycles. The molecule has 0 radical (unpaired) electrons. The zero-order valence-corrected chi connectivity index (χ0v) is 9.32. The summed E-state index contributed by atoms with van der Waals surface area (Å²) in [5, 5.41) is 0. The first-order chi connectivity index (χ1) is 6.39. The molecule has 8 heteroatoms. The maximum Gasteiger partial charge on any atom is 0.560 e. The normalized spacial score (nSPS) is 12.8. The Morgan fingerprint density at radius 2 is 1.36 bits per heavy atom. The van der Waals surface area contributed by atoms with Crippen LogP contribution in [0.5, 0.6) is 0 Å². The average Bonchev–Trinajstić information content (AvgIpc) is 2.11. The van der Waals surface area contributed by atoms with Crippen molar-refractivity contribution in [1.82, 2.24) is 0 Å². The zero-order chi connectivity index (χ0) is 11.2. The molecule has 0 aromatic carbocycles. The van der Waals surface area contributed by atoms with Gasteiger partial charge in [0.1, 0.15) is 0 Å². The van der Waals surface area contributed by atoms with E-state index in [0.29, 0.717) is 0 Å². The molecule has 0 fully saturated rings. The van der Waals surface area contributed by atoms with Crippen molar-refractivity contribution in [2.75, 3.05) is 0 Å². The monoisotopic (exact) mass is 232 g/mol. The van der Waals surface area contributed by atoms with Crippen molar-refractivity contribution in [1.29, 1.82) is 0 Å². The molecule has 0 bridgehead atoms. The Kier molecular flexibility index (Phi) is 6.43. The van der Waals surface area contributed by atoms with Gasteiger partial charge in [-0.05, 0) is 32.2 Å². The van der Waals surface area contributed by atoms with Crippen LogP contribution >= 0.6 is 7.82 Å². The molecule has 14 heavy (non-hydrogen) atoms. The summed E-state index contributed by atoms with van der Waals surface area (Å²) in [5.41, 5.74) is 0. The van der Waals surface area contributed by atoms with Gasteiger partial charge in [-0.1, -0.05) is 4.73 Å². The highest BCUT2D eigenvalue weighted by molar-refractivity contribution is 7.48. The molecule has 0 aliphatic heterocycles. The highest BCUT2D eigenvalue weighted by atomic mass is 31.2. The smallest absolute Gasteiger partial charge is 0.224 e. The molecule has 0 heterocycles. The molecule has 0 rings (SSSR count). The summed E-state index contributed by atoms with van der Waals surface area (Å²) in [6.07, 6.45) is -0.831. The molecule has 6 nitrogen and oxygen atoms in total. The lowest BCUT2D eigenvalue weighted by molar-refractivity contribution is -0.317. The van der Waals surface area contributed by atoms with Gasteiger partial charge < -0.3 is 0 Å². The molecule has 0 N–H and O–H groups in total. The summed E-state index contributed by atoms with van der Waals surface area (Å²) in [4.78, 5) is 8.79. The first-order valence-corrected chi connectivity index (χ1v) is 5.46. The molecule has 0 atom stereocenters. The topological polar surface area (TPSA) is 63.2 Å². The van der Waals surface area contributed by atoms with Gasteiger partial charge in [-0.2, -0.15) is 0 Å². The lowest BCUT2D eigenvalue weighted by atomic mass is 10.5. The first kappa shape index (κ1) is 14.0. The third-order valence-electron chi connectivity index (χ3n) is 0.738. The Balaban J connectivity index is 3.98. The molecule has 0 aliphatic carbocycles. The minimum atomic E-state index is -4.42. The van der Waals surface area contributed by atoms with E-state index in [1.807, 2.05) is 0 Å². The van der Waals surface area contributed by atoms with Crippen LogP contribution in [0.15, 0.2) is 0 Å². The van der Waals surface area contributed by atoms with Gasteiger partial charge in [0.15, 0.2) is 0 Å². The summed E-state index contributed by atoms with van der Waals surface area (Å²) < 4.78 is 34.1. The van der Waals surface area contributed by atoms with E-state index in [4.69, 9.17) is 0 Å². The Bertz CT molecular complexity index is 181. The average molecular weight is 232 g/mol. The number of hydrogen-bond donors (Lipinski definition) is 0. The summed E-state index contributed by atoms with van der Waals surface area (Å²) in [6, 6.07) is 0. The minimum absolute atomic E-state index is 0.416. The molecule has 0 unspecified atom stereocenters. The maximum absolute atomic E-state index is 11.8. The van der Waals surface area contributed by atoms with Crippen LogP contribution in [-0.4, -0.2) is 12.2 Å². The van der Waals surface area contributed by atoms with E-state index in [1.54, 1.807) is 27.7 Å². The van der Waals surface area contributed by atoms with E-state index in [1.165, 1.54) is 0 Å². The zero-order valence-electron chi connectivity index (χ0n) is 8.43. The van der Waals surface area contributed by atoms with Crippen LogP contribution in [0, 0.1) is 0 Å². The van der Waals surface area contributed by atoms with E-state index >= 15 is 0 Å². The number of hydrogen-bond acceptors (Lipinski definition) is 6. The Morgan fingerprint density at radius 3 is 1.57 bits per heavy atom. The summed E-state index contributed by atoms with van der Waals surface area (Å²) >= 11 is 0. The molecule has 0 spiro atoms. The third kappa shape index (κ3) is 6.42. The fraction of sp³-hybridized carbons (Fsp3) is 1.00. The van der Waals surface area contributed by atoms with Gasteiger partial charge in [0.25, 0.3) is 0 Å². The fourth-order valence-electron chi connectivity index (χ4n) is 0.313. The summed E-state index contributed by atoms with van der Waals surface area (Å²) in [6.45, 7) is 6.36. The van der Waals surface area contributed by atoms with Crippen LogP contribution in [-0.2, 0) is 28.4 Å². The van der Waals surface area contributed by atoms with Crippen LogP contribution in [0.25, 0.3) is 0 Å². The van der Waals surface area contributed by atoms with Gasteiger partial charge in [0, 0.05) is 0 Å². The van der Waals surface area contributed by atoms with Crippen LogP contribution < -0.4 is 0 Å². The van der Waals surface area contributed by atoms with Gasteiger partial charge in [0.05, 0.1) is 12.2 Å². The molecule has 0 aromatic rings. The van der Waals surface area contributed by atoms with E-state index in [-0.39, 0.29) is 0 Å². The summed E-state index contributed by atoms with van der Waals surface area (Å²) in [5.74, 6) is 0. The highest BCUT2D eigenvalue weighted by Crippen LogP contribution is 2.50. The predicted octanol–water partition coefficient (Wildman–Crippen LogP) is 2.71. The second-order valence-electron chi connectivity index (χ2n) is 2.96. The van der Waals surface area contributed by atoms with Crippen molar-refractivity contribution in [3.05, 3.63) is 0 Å². The van der Waals surface area contributed by atoms with Gasteiger partial charge in [0.2, 0.25) is 0 Å². The predicted molar refractivity (Wildman–Crippen MR) is 44.4 cm³/mol. The number of rotatable bonds is 7. The Labute approximate surface area is 81.6 Å². The Hall–Kier alpha value is -0.0400. The second kappa shape index (κ2) is 6.44. The standard InChI is InChI=1S/C6H14FO6P/c1-5(2)9-12-14(8,11-7)13-10-6(3)4/h5-6H,1-4H3. The molecule has 86 valence electrons.